The van der Waals surface area contributed by atoms with Gasteiger partial charge >= 0.3 is 0 Å². The van der Waals surface area contributed by atoms with E-state index < -0.39 is 0 Å². The fourth-order valence-corrected chi connectivity index (χ4v) is 4.07. The number of amides is 1. The van der Waals surface area contributed by atoms with E-state index in [0.29, 0.717) is 47.6 Å². The van der Waals surface area contributed by atoms with Crippen LogP contribution in [0.5, 0.6) is 5.75 Å². The summed E-state index contributed by atoms with van der Waals surface area (Å²) in [6.45, 7) is 7.90. The standard InChI is InChI=1S/C24H29ClN4O2S/c1-4-17-18(25)6-5-7-19(17)29-24(32)22-20(9-11-27-23(22)30)28-12-16-8-10-26-13-21(16)31-14-15(2)3/h5-8,10,13,15,28H,4,9,11-12,14H2,1-3H3,(H,27,30)(H,29,32). The van der Waals surface area contributed by atoms with Crippen molar-refractivity contribution in [3.63, 3.8) is 0 Å². The van der Waals surface area contributed by atoms with Crippen molar-refractivity contribution in [3.05, 3.63) is 64.1 Å². The number of pyridine rings is 1. The minimum absolute atomic E-state index is 0.192. The van der Waals surface area contributed by atoms with Crippen molar-refractivity contribution in [2.24, 2.45) is 5.92 Å². The number of hydrogen-bond acceptors (Lipinski definition) is 5. The number of ether oxygens (including phenoxy) is 1. The smallest absolute Gasteiger partial charge is 0.256 e. The van der Waals surface area contributed by atoms with Crippen LogP contribution in [0.3, 0.4) is 0 Å². The molecule has 170 valence electrons. The van der Waals surface area contributed by atoms with Crippen LogP contribution in [0.25, 0.3) is 0 Å². The zero-order chi connectivity index (χ0) is 23.1. The molecule has 2 heterocycles. The molecule has 0 radical (unpaired) electrons. The van der Waals surface area contributed by atoms with Crippen molar-refractivity contribution in [3.8, 4) is 5.75 Å². The molecule has 0 fully saturated rings. The molecule has 1 aromatic heterocycles. The largest absolute Gasteiger partial charge is 0.491 e. The van der Waals surface area contributed by atoms with Gasteiger partial charge < -0.3 is 20.7 Å². The average Bonchev–Trinajstić information content (AvgIpc) is 2.77. The first-order chi connectivity index (χ1) is 15.4. The number of carbonyl (C=O) groups is 1. The third-order valence-electron chi connectivity index (χ3n) is 5.07. The zero-order valence-corrected chi connectivity index (χ0v) is 20.2. The van der Waals surface area contributed by atoms with E-state index in [1.54, 1.807) is 12.4 Å². The molecular formula is C24H29ClN4O2S. The number of benzene rings is 1. The number of hydrogen-bond donors (Lipinski definition) is 3. The second-order valence-electron chi connectivity index (χ2n) is 7.97. The molecule has 6 nitrogen and oxygen atoms in total. The van der Waals surface area contributed by atoms with Crippen LogP contribution in [0.15, 0.2) is 47.9 Å². The van der Waals surface area contributed by atoms with Gasteiger partial charge in [-0.1, -0.05) is 50.7 Å². The lowest BCUT2D eigenvalue weighted by atomic mass is 10.0. The maximum atomic E-state index is 12.7. The van der Waals surface area contributed by atoms with Crippen molar-refractivity contribution in [2.45, 2.75) is 40.2 Å². The molecule has 0 spiro atoms. The molecule has 0 atom stereocenters. The lowest BCUT2D eigenvalue weighted by Gasteiger charge is -2.24. The van der Waals surface area contributed by atoms with Gasteiger partial charge in [0.05, 0.1) is 18.4 Å². The van der Waals surface area contributed by atoms with E-state index in [-0.39, 0.29) is 5.91 Å². The van der Waals surface area contributed by atoms with Crippen molar-refractivity contribution < 1.29 is 9.53 Å². The fraction of sp³-hybridized carbons (Fsp3) is 0.375. The van der Waals surface area contributed by atoms with Crippen LogP contribution >= 0.6 is 23.8 Å². The Bertz CT molecular complexity index is 1020. The van der Waals surface area contributed by atoms with E-state index in [4.69, 9.17) is 28.6 Å². The van der Waals surface area contributed by atoms with Gasteiger partial charge in [0.2, 0.25) is 0 Å². The number of rotatable bonds is 9. The number of nitrogens with zero attached hydrogens (tertiary/aromatic N) is 1. The summed E-state index contributed by atoms with van der Waals surface area (Å²) < 4.78 is 5.90. The Morgan fingerprint density at radius 2 is 2.16 bits per heavy atom. The molecule has 1 aromatic carbocycles. The second kappa shape index (κ2) is 11.3. The van der Waals surface area contributed by atoms with Crippen LogP contribution in [0.1, 0.15) is 38.3 Å². The van der Waals surface area contributed by atoms with Crippen molar-refractivity contribution >= 4 is 40.4 Å². The molecule has 0 bridgehead atoms. The molecule has 3 N–H and O–H groups in total. The molecule has 1 aliphatic heterocycles. The highest BCUT2D eigenvalue weighted by Crippen LogP contribution is 2.26. The van der Waals surface area contributed by atoms with E-state index in [1.165, 1.54) is 0 Å². The molecule has 2 aromatic rings. The topological polar surface area (TPSA) is 75.3 Å². The Balaban J connectivity index is 1.81. The zero-order valence-electron chi connectivity index (χ0n) is 18.6. The molecule has 0 saturated carbocycles. The first-order valence-corrected chi connectivity index (χ1v) is 11.6. The summed E-state index contributed by atoms with van der Waals surface area (Å²) in [7, 11) is 0. The van der Waals surface area contributed by atoms with Crippen LogP contribution < -0.4 is 20.7 Å². The second-order valence-corrected chi connectivity index (χ2v) is 8.79. The molecule has 1 aliphatic rings. The third kappa shape index (κ3) is 5.99. The minimum Gasteiger partial charge on any atom is -0.491 e. The molecule has 0 aliphatic carbocycles. The maximum absolute atomic E-state index is 12.7. The van der Waals surface area contributed by atoms with Gasteiger partial charge in [0.1, 0.15) is 10.7 Å². The highest BCUT2D eigenvalue weighted by Gasteiger charge is 2.25. The van der Waals surface area contributed by atoms with Gasteiger partial charge in [-0.05, 0) is 36.1 Å². The van der Waals surface area contributed by atoms with Crippen LogP contribution in [-0.2, 0) is 17.8 Å². The Morgan fingerprint density at radius 3 is 2.91 bits per heavy atom. The molecule has 0 saturated heterocycles. The van der Waals surface area contributed by atoms with E-state index in [2.05, 4.69) is 34.8 Å². The fourth-order valence-electron chi connectivity index (χ4n) is 3.43. The Hall–Kier alpha value is -2.64. The quantitative estimate of drug-likeness (QED) is 0.462. The first-order valence-electron chi connectivity index (χ1n) is 10.8. The number of thiocarbonyl (C=S) groups is 1. The Labute approximate surface area is 199 Å². The van der Waals surface area contributed by atoms with Crippen molar-refractivity contribution in [1.82, 2.24) is 15.6 Å². The van der Waals surface area contributed by atoms with Gasteiger partial charge in [0.25, 0.3) is 5.91 Å². The predicted octanol–water partition coefficient (Wildman–Crippen LogP) is 4.64. The van der Waals surface area contributed by atoms with E-state index in [9.17, 15) is 4.79 Å². The number of anilines is 1. The minimum atomic E-state index is -0.192. The summed E-state index contributed by atoms with van der Waals surface area (Å²) in [4.78, 5) is 17.3. The Morgan fingerprint density at radius 1 is 1.34 bits per heavy atom. The number of carbonyl (C=O) groups excluding carboxylic acids is 1. The Kier molecular flexibility index (Phi) is 8.47. The summed E-state index contributed by atoms with van der Waals surface area (Å²) >= 11 is 12.0. The number of halogens is 1. The SMILES string of the molecule is CCc1c(Cl)cccc1NC(=S)C1=C(NCc2ccncc2OCC(C)C)CCNC1=O. The number of aromatic nitrogens is 1. The normalized spacial score (nSPS) is 13.7. The molecule has 8 heteroatoms. The average molecular weight is 473 g/mol. The molecule has 0 unspecified atom stereocenters. The van der Waals surface area contributed by atoms with Crippen molar-refractivity contribution in [2.75, 3.05) is 18.5 Å². The monoisotopic (exact) mass is 472 g/mol. The van der Waals surface area contributed by atoms with Crippen LogP contribution in [0, 0.1) is 5.92 Å². The van der Waals surface area contributed by atoms with Crippen LogP contribution in [0.4, 0.5) is 5.69 Å². The van der Waals surface area contributed by atoms with Gasteiger partial charge in [-0.15, -0.1) is 0 Å². The summed E-state index contributed by atoms with van der Waals surface area (Å²) in [5.41, 5.74) is 4.01. The van der Waals surface area contributed by atoms with E-state index in [0.717, 1.165) is 34.7 Å². The predicted molar refractivity (Wildman–Crippen MR) is 133 cm³/mol. The molecular weight excluding hydrogens is 444 g/mol. The molecule has 32 heavy (non-hydrogen) atoms. The third-order valence-corrected chi connectivity index (χ3v) is 5.73. The first kappa shape index (κ1) is 24.0. The van der Waals surface area contributed by atoms with E-state index >= 15 is 0 Å². The highest BCUT2D eigenvalue weighted by atomic mass is 35.5. The summed E-state index contributed by atoms with van der Waals surface area (Å²) in [5, 5.41) is 10.2. The molecule has 3 rings (SSSR count). The van der Waals surface area contributed by atoms with E-state index in [1.807, 2.05) is 31.2 Å². The van der Waals surface area contributed by atoms with Gasteiger partial charge in [-0.2, -0.15) is 0 Å². The van der Waals surface area contributed by atoms with Gasteiger partial charge in [0, 0.05) is 47.7 Å². The molecule has 1 amide bonds. The summed E-state index contributed by atoms with van der Waals surface area (Å²) in [5.74, 6) is 0.959. The lowest BCUT2D eigenvalue weighted by Crippen LogP contribution is -2.39. The van der Waals surface area contributed by atoms with Crippen LogP contribution in [0.2, 0.25) is 5.02 Å². The van der Waals surface area contributed by atoms with Crippen molar-refractivity contribution in [1.29, 1.82) is 0 Å². The highest BCUT2D eigenvalue weighted by molar-refractivity contribution is 7.81. The van der Waals surface area contributed by atoms with Gasteiger partial charge in [-0.25, -0.2) is 0 Å². The summed E-state index contributed by atoms with van der Waals surface area (Å²) in [6, 6.07) is 7.55. The lowest BCUT2D eigenvalue weighted by molar-refractivity contribution is -0.117. The van der Waals surface area contributed by atoms with Gasteiger partial charge in [-0.3, -0.25) is 9.78 Å². The summed E-state index contributed by atoms with van der Waals surface area (Å²) in [6.07, 6.45) is 4.87. The van der Waals surface area contributed by atoms with Gasteiger partial charge in [0.15, 0.2) is 0 Å². The number of nitrogens with one attached hydrogen (secondary N) is 3. The maximum Gasteiger partial charge on any atom is 0.256 e. The van der Waals surface area contributed by atoms with Crippen LogP contribution in [-0.4, -0.2) is 29.0 Å².